The van der Waals surface area contributed by atoms with E-state index < -0.39 is 0 Å². The summed E-state index contributed by atoms with van der Waals surface area (Å²) in [7, 11) is 0. The lowest BCUT2D eigenvalue weighted by Crippen LogP contribution is -2.19. The molecule has 0 aromatic rings. The zero-order valence-corrected chi connectivity index (χ0v) is 8.04. The SMILES string of the molecule is CCOC(=O)[C@H]1CCCCC(=O)C1. The van der Waals surface area contributed by atoms with Crippen LogP contribution in [-0.4, -0.2) is 18.4 Å². The quantitative estimate of drug-likeness (QED) is 0.484. The molecule has 1 aliphatic carbocycles. The fraction of sp³-hybridized carbons (Fsp3) is 0.800. The van der Waals surface area contributed by atoms with E-state index in [0.29, 0.717) is 19.4 Å². The van der Waals surface area contributed by atoms with Crippen molar-refractivity contribution in [1.82, 2.24) is 0 Å². The van der Waals surface area contributed by atoms with Crippen LogP contribution in [0.2, 0.25) is 0 Å². The fourth-order valence-electron chi connectivity index (χ4n) is 1.65. The number of ketones is 1. The normalized spacial score (nSPS) is 23.8. The molecular formula is C10H16O3. The second-order valence-electron chi connectivity index (χ2n) is 3.44. The van der Waals surface area contributed by atoms with E-state index in [2.05, 4.69) is 0 Å². The van der Waals surface area contributed by atoms with Gasteiger partial charge in [-0.2, -0.15) is 0 Å². The maximum absolute atomic E-state index is 11.3. The van der Waals surface area contributed by atoms with Crippen LogP contribution in [0.4, 0.5) is 0 Å². The highest BCUT2D eigenvalue weighted by molar-refractivity contribution is 5.84. The van der Waals surface area contributed by atoms with E-state index in [0.717, 1.165) is 19.3 Å². The lowest BCUT2D eigenvalue weighted by Gasteiger charge is -2.10. The number of esters is 1. The van der Waals surface area contributed by atoms with Crippen molar-refractivity contribution in [2.24, 2.45) is 5.92 Å². The summed E-state index contributed by atoms with van der Waals surface area (Å²) in [6.45, 7) is 2.19. The van der Waals surface area contributed by atoms with Gasteiger partial charge in [0.15, 0.2) is 0 Å². The molecule has 0 aliphatic heterocycles. The minimum Gasteiger partial charge on any atom is -0.466 e. The predicted molar refractivity (Wildman–Crippen MR) is 48.2 cm³/mol. The van der Waals surface area contributed by atoms with Crippen LogP contribution in [-0.2, 0) is 14.3 Å². The average molecular weight is 184 g/mol. The molecule has 1 rings (SSSR count). The Morgan fingerprint density at radius 2 is 2.31 bits per heavy atom. The molecular weight excluding hydrogens is 168 g/mol. The van der Waals surface area contributed by atoms with Gasteiger partial charge in [-0.05, 0) is 19.8 Å². The number of hydrogen-bond donors (Lipinski definition) is 0. The number of rotatable bonds is 2. The van der Waals surface area contributed by atoms with Gasteiger partial charge in [-0.15, -0.1) is 0 Å². The van der Waals surface area contributed by atoms with Crippen molar-refractivity contribution in [2.75, 3.05) is 6.61 Å². The van der Waals surface area contributed by atoms with E-state index in [9.17, 15) is 9.59 Å². The molecule has 0 aromatic carbocycles. The third kappa shape index (κ3) is 3.17. The highest BCUT2D eigenvalue weighted by Gasteiger charge is 2.24. The van der Waals surface area contributed by atoms with Crippen LogP contribution in [0.5, 0.6) is 0 Å². The van der Waals surface area contributed by atoms with Crippen molar-refractivity contribution in [3.63, 3.8) is 0 Å². The Hall–Kier alpha value is -0.860. The number of ether oxygens (including phenoxy) is 1. The molecule has 1 atom stereocenters. The van der Waals surface area contributed by atoms with Gasteiger partial charge in [0.2, 0.25) is 0 Å². The Kier molecular flexibility index (Phi) is 3.93. The summed E-state index contributed by atoms with van der Waals surface area (Å²) >= 11 is 0. The van der Waals surface area contributed by atoms with E-state index in [1.807, 2.05) is 0 Å². The van der Waals surface area contributed by atoms with E-state index in [-0.39, 0.29) is 17.7 Å². The van der Waals surface area contributed by atoms with Crippen molar-refractivity contribution in [3.05, 3.63) is 0 Å². The van der Waals surface area contributed by atoms with E-state index in [1.54, 1.807) is 6.92 Å². The van der Waals surface area contributed by atoms with Crippen LogP contribution in [0.3, 0.4) is 0 Å². The molecule has 0 heterocycles. The second kappa shape index (κ2) is 5.00. The molecule has 0 unspecified atom stereocenters. The van der Waals surface area contributed by atoms with Gasteiger partial charge in [0.1, 0.15) is 5.78 Å². The maximum atomic E-state index is 11.3. The van der Waals surface area contributed by atoms with Gasteiger partial charge in [-0.1, -0.05) is 6.42 Å². The summed E-state index contributed by atoms with van der Waals surface area (Å²) in [6.07, 6.45) is 3.73. The highest BCUT2D eigenvalue weighted by atomic mass is 16.5. The molecule has 3 heteroatoms. The zero-order valence-electron chi connectivity index (χ0n) is 8.04. The van der Waals surface area contributed by atoms with Gasteiger partial charge in [-0.25, -0.2) is 0 Å². The molecule has 0 spiro atoms. The van der Waals surface area contributed by atoms with Crippen LogP contribution in [0.15, 0.2) is 0 Å². The lowest BCUT2D eigenvalue weighted by molar-refractivity contribution is -0.149. The Balaban J connectivity index is 2.47. The summed E-state index contributed by atoms with van der Waals surface area (Å²) in [5.74, 6) is -0.164. The van der Waals surface area contributed by atoms with Crippen molar-refractivity contribution >= 4 is 11.8 Å². The molecule has 0 radical (unpaired) electrons. The first-order valence-electron chi connectivity index (χ1n) is 4.92. The molecule has 0 N–H and O–H groups in total. The first-order chi connectivity index (χ1) is 6.24. The first-order valence-corrected chi connectivity index (χ1v) is 4.92. The van der Waals surface area contributed by atoms with Crippen LogP contribution >= 0.6 is 0 Å². The zero-order chi connectivity index (χ0) is 9.68. The van der Waals surface area contributed by atoms with Gasteiger partial charge in [0.25, 0.3) is 0 Å². The largest absolute Gasteiger partial charge is 0.466 e. The summed E-state index contributed by atoms with van der Waals surface area (Å²) < 4.78 is 4.89. The van der Waals surface area contributed by atoms with Gasteiger partial charge in [0, 0.05) is 12.8 Å². The molecule has 0 aromatic heterocycles. The molecule has 0 bridgehead atoms. The molecule has 74 valence electrons. The lowest BCUT2D eigenvalue weighted by atomic mass is 10.0. The molecule has 0 saturated heterocycles. The number of Topliss-reactive ketones (excluding diaryl/α,β-unsaturated/α-hetero) is 1. The summed E-state index contributed by atoms with van der Waals surface area (Å²) in [4.78, 5) is 22.5. The Labute approximate surface area is 78.5 Å². The number of hydrogen-bond acceptors (Lipinski definition) is 3. The van der Waals surface area contributed by atoms with Crippen molar-refractivity contribution in [1.29, 1.82) is 0 Å². The summed E-state index contributed by atoms with van der Waals surface area (Å²) in [5.41, 5.74) is 0. The average Bonchev–Trinajstić information content (AvgIpc) is 2.30. The van der Waals surface area contributed by atoms with Crippen LogP contribution in [0.1, 0.15) is 39.0 Å². The molecule has 1 fully saturated rings. The van der Waals surface area contributed by atoms with E-state index in [1.165, 1.54) is 0 Å². The first kappa shape index (κ1) is 10.2. The van der Waals surface area contributed by atoms with Crippen LogP contribution < -0.4 is 0 Å². The number of carbonyl (C=O) groups is 2. The van der Waals surface area contributed by atoms with Crippen molar-refractivity contribution in [2.45, 2.75) is 39.0 Å². The topological polar surface area (TPSA) is 43.4 Å². The predicted octanol–water partition coefficient (Wildman–Crippen LogP) is 1.70. The van der Waals surface area contributed by atoms with Gasteiger partial charge in [0.05, 0.1) is 12.5 Å². The minimum atomic E-state index is -0.197. The van der Waals surface area contributed by atoms with Gasteiger partial charge in [-0.3, -0.25) is 9.59 Å². The fourth-order valence-corrected chi connectivity index (χ4v) is 1.65. The molecule has 0 amide bonds. The third-order valence-electron chi connectivity index (χ3n) is 2.35. The van der Waals surface area contributed by atoms with Crippen LogP contribution in [0, 0.1) is 5.92 Å². The third-order valence-corrected chi connectivity index (χ3v) is 2.35. The Morgan fingerprint density at radius 1 is 1.54 bits per heavy atom. The molecule has 1 saturated carbocycles. The Morgan fingerprint density at radius 3 is 3.00 bits per heavy atom. The van der Waals surface area contributed by atoms with E-state index >= 15 is 0 Å². The molecule has 1 aliphatic rings. The molecule has 3 nitrogen and oxygen atoms in total. The maximum Gasteiger partial charge on any atom is 0.309 e. The number of carbonyl (C=O) groups excluding carboxylic acids is 2. The van der Waals surface area contributed by atoms with Gasteiger partial charge >= 0.3 is 5.97 Å². The van der Waals surface area contributed by atoms with Crippen molar-refractivity contribution in [3.8, 4) is 0 Å². The van der Waals surface area contributed by atoms with Gasteiger partial charge < -0.3 is 4.74 Å². The van der Waals surface area contributed by atoms with Crippen molar-refractivity contribution < 1.29 is 14.3 Å². The monoisotopic (exact) mass is 184 g/mol. The van der Waals surface area contributed by atoms with E-state index in [4.69, 9.17) is 4.74 Å². The summed E-state index contributed by atoms with van der Waals surface area (Å²) in [5, 5.41) is 0. The smallest absolute Gasteiger partial charge is 0.309 e. The second-order valence-corrected chi connectivity index (χ2v) is 3.44. The summed E-state index contributed by atoms with van der Waals surface area (Å²) in [6, 6.07) is 0. The highest BCUT2D eigenvalue weighted by Crippen LogP contribution is 2.21. The standard InChI is InChI=1S/C10H16O3/c1-2-13-10(12)8-5-3-4-6-9(11)7-8/h8H,2-7H2,1H3/t8-/m0/s1. The Bertz CT molecular complexity index is 198. The minimum absolute atomic E-state index is 0.171. The van der Waals surface area contributed by atoms with Crippen LogP contribution in [0.25, 0.3) is 0 Å². The molecule has 13 heavy (non-hydrogen) atoms.